The molecule has 0 nitrogen and oxygen atoms in total. The molecule has 0 unspecified atom stereocenters. The van der Waals surface area contributed by atoms with E-state index in [9.17, 15) is 0 Å². The van der Waals surface area contributed by atoms with E-state index in [1.54, 1.807) is 0 Å². The van der Waals surface area contributed by atoms with Gasteiger partial charge in [-0.25, -0.2) is 0 Å². The zero-order chi connectivity index (χ0) is 15.3. The number of hydrogen-bond donors (Lipinski definition) is 0. The molecule has 0 N–H and O–H groups in total. The van der Waals surface area contributed by atoms with Crippen LogP contribution in [-0.2, 0) is 37.9 Å². The molecule has 22 heavy (non-hydrogen) atoms. The predicted octanol–water partition coefficient (Wildman–Crippen LogP) is 4.40. The van der Waals surface area contributed by atoms with Crippen molar-refractivity contribution >= 4 is 55.2 Å². The zero-order valence-electron chi connectivity index (χ0n) is 12.0. The Morgan fingerprint density at radius 1 is 0.364 bits per heavy atom. The van der Waals surface area contributed by atoms with Crippen LogP contribution in [0.2, 0.25) is 0 Å². The van der Waals surface area contributed by atoms with E-state index in [1.807, 2.05) is 91.0 Å². The van der Waals surface area contributed by atoms with E-state index in [-0.39, 0.29) is 17.4 Å². The minimum absolute atomic E-state index is 0. The topological polar surface area (TPSA) is 0 Å². The van der Waals surface area contributed by atoms with Crippen molar-refractivity contribution in [2.75, 3.05) is 0 Å². The van der Waals surface area contributed by atoms with Crippen molar-refractivity contribution in [3.63, 3.8) is 0 Å². The van der Waals surface area contributed by atoms with Crippen molar-refractivity contribution in [1.82, 2.24) is 0 Å². The molecule has 0 atom stereocenters. The van der Waals surface area contributed by atoms with Crippen molar-refractivity contribution in [2.45, 2.75) is 14.7 Å². The summed E-state index contributed by atoms with van der Waals surface area (Å²) in [6.07, 6.45) is 0. The first-order valence-corrected chi connectivity index (χ1v) is 7.57. The first kappa shape index (κ1) is 20.9. The van der Waals surface area contributed by atoms with Crippen LogP contribution in [0.5, 0.6) is 0 Å². The fraction of sp³-hybridized carbons (Fsp3) is 0. The summed E-state index contributed by atoms with van der Waals surface area (Å²) in [6.45, 7) is 0. The number of hydrogen-bond acceptors (Lipinski definition) is 3. The predicted molar refractivity (Wildman–Crippen MR) is 102 cm³/mol. The monoisotopic (exact) mass is 354 g/mol. The summed E-state index contributed by atoms with van der Waals surface area (Å²) in [7, 11) is 0. The molecule has 0 aliphatic rings. The van der Waals surface area contributed by atoms with Crippen LogP contribution in [-0.4, -0.2) is 17.4 Å². The molecular formula is C18H15AlS3. The van der Waals surface area contributed by atoms with Crippen molar-refractivity contribution in [1.29, 1.82) is 0 Å². The summed E-state index contributed by atoms with van der Waals surface area (Å²) in [4.78, 5) is 2.72. The Bertz CT molecular complexity index is 497. The first-order chi connectivity index (χ1) is 10.2. The molecule has 0 aliphatic carbocycles. The summed E-state index contributed by atoms with van der Waals surface area (Å²) in [6, 6.07) is 28.8. The van der Waals surface area contributed by atoms with Gasteiger partial charge in [0.1, 0.15) is 0 Å². The van der Waals surface area contributed by atoms with Crippen LogP contribution in [0.25, 0.3) is 0 Å². The third-order valence-electron chi connectivity index (χ3n) is 2.23. The van der Waals surface area contributed by atoms with Gasteiger partial charge in [0, 0.05) is 0 Å². The van der Waals surface area contributed by atoms with Crippen molar-refractivity contribution in [3.05, 3.63) is 91.0 Å². The summed E-state index contributed by atoms with van der Waals surface area (Å²) in [5.74, 6) is 0. The fourth-order valence-corrected chi connectivity index (χ4v) is 1.73. The van der Waals surface area contributed by atoms with E-state index in [0.717, 1.165) is 14.7 Å². The SMILES string of the molecule is [Al+3].[S-]c1ccccc1.[S-]c1ccccc1.[S-]c1ccccc1. The summed E-state index contributed by atoms with van der Waals surface area (Å²) in [5.41, 5.74) is 0. The second-order valence-electron chi connectivity index (χ2n) is 3.94. The maximum Gasteiger partial charge on any atom is 3.00 e. The molecule has 0 aliphatic heterocycles. The van der Waals surface area contributed by atoms with Crippen LogP contribution in [0.4, 0.5) is 0 Å². The van der Waals surface area contributed by atoms with Crippen LogP contribution in [0.15, 0.2) is 106 Å². The van der Waals surface area contributed by atoms with Gasteiger partial charge >= 0.3 is 17.4 Å². The van der Waals surface area contributed by atoms with Crippen LogP contribution in [0, 0.1) is 0 Å². The molecule has 3 rings (SSSR count). The van der Waals surface area contributed by atoms with Crippen molar-refractivity contribution in [3.8, 4) is 0 Å². The molecule has 0 amide bonds. The molecule has 0 fully saturated rings. The van der Waals surface area contributed by atoms with Gasteiger partial charge in [-0.15, -0.1) is 0 Å². The van der Waals surface area contributed by atoms with Crippen LogP contribution < -0.4 is 0 Å². The summed E-state index contributed by atoms with van der Waals surface area (Å²) < 4.78 is 0. The molecule has 0 heterocycles. The Balaban J connectivity index is 0.000000294. The van der Waals surface area contributed by atoms with Gasteiger partial charge in [0.2, 0.25) is 0 Å². The molecule has 3 aromatic rings. The van der Waals surface area contributed by atoms with Gasteiger partial charge in [-0.05, 0) is 0 Å². The van der Waals surface area contributed by atoms with Crippen molar-refractivity contribution < 1.29 is 0 Å². The largest absolute Gasteiger partial charge is 3.00 e. The molecule has 0 radical (unpaired) electrons. The Kier molecular flexibility index (Phi) is 12.8. The normalized spacial score (nSPS) is 8.18. The van der Waals surface area contributed by atoms with E-state index in [4.69, 9.17) is 37.9 Å². The van der Waals surface area contributed by atoms with Crippen molar-refractivity contribution in [2.24, 2.45) is 0 Å². The molecule has 4 heteroatoms. The standard InChI is InChI=1S/3C6H6S.Al/c3*7-6-4-2-1-3-5-6;/h3*1-5,7H;/q;;;+3/p-3. The summed E-state index contributed by atoms with van der Waals surface area (Å²) >= 11 is 14.4. The molecule has 3 aromatic carbocycles. The quantitative estimate of drug-likeness (QED) is 0.434. The average Bonchev–Trinajstić information content (AvgIpc) is 2.51. The smallest absolute Gasteiger partial charge is 0.780 e. The maximum atomic E-state index is 4.81. The third-order valence-corrected chi connectivity index (χ3v) is 3.05. The van der Waals surface area contributed by atoms with Crippen LogP contribution in [0.1, 0.15) is 0 Å². The molecule has 0 aromatic heterocycles. The van der Waals surface area contributed by atoms with Gasteiger partial charge in [0.05, 0.1) is 0 Å². The van der Waals surface area contributed by atoms with E-state index in [0.29, 0.717) is 0 Å². The molecule has 0 spiro atoms. The van der Waals surface area contributed by atoms with Crippen LogP contribution >= 0.6 is 0 Å². The van der Waals surface area contributed by atoms with Gasteiger partial charge < -0.3 is 37.9 Å². The molecule has 108 valence electrons. The average molecular weight is 355 g/mol. The molecular weight excluding hydrogens is 339 g/mol. The minimum atomic E-state index is 0. The van der Waals surface area contributed by atoms with E-state index in [1.165, 1.54) is 0 Å². The van der Waals surface area contributed by atoms with E-state index >= 15 is 0 Å². The second kappa shape index (κ2) is 13.5. The Labute approximate surface area is 160 Å². The Hall–Kier alpha value is -1.15. The first-order valence-electron chi connectivity index (χ1n) is 6.34. The minimum Gasteiger partial charge on any atom is -0.780 e. The molecule has 0 saturated heterocycles. The van der Waals surface area contributed by atoms with Crippen LogP contribution in [0.3, 0.4) is 0 Å². The second-order valence-corrected chi connectivity index (χ2v) is 5.35. The van der Waals surface area contributed by atoms with E-state index in [2.05, 4.69) is 0 Å². The third kappa shape index (κ3) is 11.5. The maximum absolute atomic E-state index is 4.81. The van der Waals surface area contributed by atoms with E-state index < -0.39 is 0 Å². The summed E-state index contributed by atoms with van der Waals surface area (Å²) in [5, 5.41) is 0. The van der Waals surface area contributed by atoms with Gasteiger partial charge in [0.25, 0.3) is 0 Å². The Morgan fingerprint density at radius 2 is 0.545 bits per heavy atom. The molecule has 0 saturated carbocycles. The molecule has 0 bridgehead atoms. The number of benzene rings is 3. The van der Waals surface area contributed by atoms with Gasteiger partial charge in [-0.1, -0.05) is 91.0 Å². The van der Waals surface area contributed by atoms with Gasteiger partial charge in [-0.3, -0.25) is 0 Å². The number of rotatable bonds is 0. The Morgan fingerprint density at radius 3 is 0.636 bits per heavy atom. The van der Waals surface area contributed by atoms with Gasteiger partial charge in [-0.2, -0.15) is 14.7 Å². The fourth-order valence-electron chi connectivity index (χ4n) is 1.26. The zero-order valence-corrected chi connectivity index (χ0v) is 15.6. The van der Waals surface area contributed by atoms with Gasteiger partial charge in [0.15, 0.2) is 0 Å².